The number of nitrogens with zero attached hydrogens (tertiary/aromatic N) is 3. The van der Waals surface area contributed by atoms with Crippen LogP contribution in [0.4, 0.5) is 11.4 Å². The number of benzene rings is 2. The Kier molecular flexibility index (Phi) is 5.61. The number of rotatable bonds is 3. The molecule has 8 heteroatoms. The molecular weight excluding hydrogens is 416 g/mol. The number of hydrogen-bond acceptors (Lipinski definition) is 4. The van der Waals surface area contributed by atoms with Gasteiger partial charge in [0.25, 0.3) is 0 Å². The molecule has 1 saturated heterocycles. The number of nitrogens with one attached hydrogen (secondary N) is 1. The summed E-state index contributed by atoms with van der Waals surface area (Å²) in [5, 5.41) is 3.90. The summed E-state index contributed by atoms with van der Waals surface area (Å²) in [5.74, 6) is 0.416. The monoisotopic (exact) mass is 444 g/mol. The topological polar surface area (TPSA) is 55.9 Å². The number of thiocarbonyl (C=S) groups is 1. The molecule has 0 spiro atoms. The molecular formula is C22H28N4O2S2. The maximum atomic E-state index is 12.5. The predicted octanol–water partition coefficient (Wildman–Crippen LogP) is 3.25. The first kappa shape index (κ1) is 21.2. The molecule has 2 aliphatic rings. The van der Waals surface area contributed by atoms with Crippen LogP contribution >= 0.6 is 12.2 Å². The first-order valence-corrected chi connectivity index (χ1v) is 11.9. The molecule has 0 amide bonds. The summed E-state index contributed by atoms with van der Waals surface area (Å²) in [6, 6.07) is 13.7. The van der Waals surface area contributed by atoms with Crippen molar-refractivity contribution in [3.8, 4) is 0 Å². The second-order valence-corrected chi connectivity index (χ2v) is 10.9. The van der Waals surface area contributed by atoms with Crippen molar-refractivity contribution in [1.29, 1.82) is 0 Å². The first-order valence-electron chi connectivity index (χ1n) is 10.1. The van der Waals surface area contributed by atoms with Crippen molar-refractivity contribution in [1.82, 2.24) is 9.21 Å². The Bertz CT molecular complexity index is 1080. The van der Waals surface area contributed by atoms with Gasteiger partial charge in [0.05, 0.1) is 4.90 Å². The summed E-state index contributed by atoms with van der Waals surface area (Å²) in [4.78, 5) is 4.85. The van der Waals surface area contributed by atoms with E-state index in [1.165, 1.54) is 29.5 Å². The minimum absolute atomic E-state index is 0.245. The van der Waals surface area contributed by atoms with Crippen molar-refractivity contribution in [2.45, 2.75) is 30.2 Å². The fourth-order valence-corrected chi connectivity index (χ4v) is 5.77. The third-order valence-corrected chi connectivity index (χ3v) is 8.15. The number of aryl methyl sites for hydroxylation is 1. The maximum Gasteiger partial charge on any atom is 0.242 e. The van der Waals surface area contributed by atoms with Crippen LogP contribution in [-0.4, -0.2) is 63.0 Å². The van der Waals surface area contributed by atoms with Gasteiger partial charge in [-0.3, -0.25) is 0 Å². The summed E-state index contributed by atoms with van der Waals surface area (Å²) in [7, 11) is 1.73. The van der Waals surface area contributed by atoms with Gasteiger partial charge in [-0.2, -0.15) is 0 Å². The van der Waals surface area contributed by atoms with Crippen molar-refractivity contribution in [2.75, 3.05) is 44.4 Å². The highest BCUT2D eigenvalue weighted by atomic mass is 32.2. The third-order valence-electron chi connectivity index (χ3n) is 6.04. The van der Waals surface area contributed by atoms with Gasteiger partial charge in [-0.25, -0.2) is 12.7 Å². The van der Waals surface area contributed by atoms with Gasteiger partial charge in [0.15, 0.2) is 5.11 Å². The van der Waals surface area contributed by atoms with Crippen molar-refractivity contribution >= 4 is 38.7 Å². The van der Waals surface area contributed by atoms with Gasteiger partial charge in [0.1, 0.15) is 0 Å². The number of piperidine rings is 1. The van der Waals surface area contributed by atoms with E-state index in [1.54, 1.807) is 18.2 Å². The lowest BCUT2D eigenvalue weighted by atomic mass is 9.89. The van der Waals surface area contributed by atoms with Crippen LogP contribution in [0, 0.1) is 6.92 Å². The van der Waals surface area contributed by atoms with E-state index in [0.717, 1.165) is 25.2 Å². The summed E-state index contributed by atoms with van der Waals surface area (Å²) >= 11 is 5.83. The second-order valence-electron chi connectivity index (χ2n) is 8.40. The molecule has 6 nitrogen and oxygen atoms in total. The van der Waals surface area contributed by atoms with Crippen LogP contribution in [-0.2, 0) is 10.0 Å². The largest absolute Gasteiger partial charge is 0.332 e. The van der Waals surface area contributed by atoms with E-state index in [1.807, 2.05) is 6.07 Å². The highest BCUT2D eigenvalue weighted by molar-refractivity contribution is 7.89. The van der Waals surface area contributed by atoms with Crippen molar-refractivity contribution in [3.05, 3.63) is 53.6 Å². The van der Waals surface area contributed by atoms with Crippen molar-refractivity contribution < 1.29 is 8.42 Å². The summed E-state index contributed by atoms with van der Waals surface area (Å²) < 4.78 is 26.2. The molecule has 0 radical (unpaired) electrons. The van der Waals surface area contributed by atoms with Gasteiger partial charge in [-0.1, -0.05) is 23.8 Å². The molecule has 2 aromatic rings. The summed E-state index contributed by atoms with van der Waals surface area (Å²) in [6.45, 7) is 4.17. The van der Waals surface area contributed by atoms with Gasteiger partial charge in [-0.05, 0) is 69.0 Å². The molecule has 1 N–H and O–H groups in total. The molecule has 0 aromatic heterocycles. The number of likely N-dealkylation sites (tertiary alicyclic amines) is 1. The smallest absolute Gasteiger partial charge is 0.242 e. The molecule has 0 aliphatic carbocycles. The lowest BCUT2D eigenvalue weighted by Gasteiger charge is -2.37. The normalized spacial score (nSPS) is 21.4. The van der Waals surface area contributed by atoms with Crippen LogP contribution in [0.25, 0.3) is 0 Å². The molecule has 0 unspecified atom stereocenters. The van der Waals surface area contributed by atoms with E-state index in [9.17, 15) is 8.42 Å². The standard InChI is InChI=1S/C22H28N4O2S2/c1-15-8-9-20-18(12-15)19-14-25(4)11-10-21(19)26(20)22(29)23-16-6-5-7-17(13-16)30(27,28)24(2)3/h5-9,12-13,19,21H,10-11,14H2,1-4H3,(H,23,29)/t19-,21-/m0/s1. The highest BCUT2D eigenvalue weighted by Gasteiger charge is 2.42. The number of anilines is 2. The van der Waals surface area contributed by atoms with Crippen LogP contribution in [0.15, 0.2) is 47.4 Å². The first-order chi connectivity index (χ1) is 14.2. The number of fused-ring (bicyclic) bond motifs is 3. The second kappa shape index (κ2) is 7.92. The zero-order valence-electron chi connectivity index (χ0n) is 17.8. The third kappa shape index (κ3) is 3.73. The average molecular weight is 445 g/mol. The Labute approximate surface area is 184 Å². The van der Waals surface area contributed by atoms with Crippen molar-refractivity contribution in [3.63, 3.8) is 0 Å². The van der Waals surface area contributed by atoms with Gasteiger partial charge in [-0.15, -0.1) is 0 Å². The molecule has 0 bridgehead atoms. The highest BCUT2D eigenvalue weighted by Crippen LogP contribution is 2.45. The lowest BCUT2D eigenvalue weighted by molar-refractivity contribution is 0.237. The number of sulfonamides is 1. The average Bonchev–Trinajstić information content (AvgIpc) is 3.01. The maximum absolute atomic E-state index is 12.5. The molecule has 4 rings (SSSR count). The Morgan fingerprint density at radius 1 is 1.20 bits per heavy atom. The van der Waals surface area contributed by atoms with E-state index in [-0.39, 0.29) is 4.90 Å². The fourth-order valence-electron chi connectivity index (χ4n) is 4.48. The van der Waals surface area contributed by atoms with E-state index < -0.39 is 10.0 Å². The van der Waals surface area contributed by atoms with E-state index in [0.29, 0.717) is 22.8 Å². The van der Waals surface area contributed by atoms with Gasteiger partial charge in [0, 0.05) is 44.0 Å². The number of hydrogen-bond donors (Lipinski definition) is 1. The zero-order chi connectivity index (χ0) is 21.6. The van der Waals surface area contributed by atoms with Crippen LogP contribution in [0.2, 0.25) is 0 Å². The molecule has 2 aliphatic heterocycles. The Morgan fingerprint density at radius 2 is 1.97 bits per heavy atom. The Morgan fingerprint density at radius 3 is 2.70 bits per heavy atom. The van der Waals surface area contributed by atoms with Crippen molar-refractivity contribution in [2.24, 2.45) is 0 Å². The van der Waals surface area contributed by atoms with Gasteiger partial charge >= 0.3 is 0 Å². The molecule has 2 aromatic carbocycles. The molecule has 30 heavy (non-hydrogen) atoms. The quantitative estimate of drug-likeness (QED) is 0.734. The number of likely N-dealkylation sites (N-methyl/N-ethyl adjacent to an activating group) is 1. The zero-order valence-corrected chi connectivity index (χ0v) is 19.4. The summed E-state index contributed by atoms with van der Waals surface area (Å²) in [5.41, 5.74) is 4.43. The van der Waals surface area contributed by atoms with E-state index >= 15 is 0 Å². The fraction of sp³-hybridized carbons (Fsp3) is 0.409. The Hall–Kier alpha value is -2.00. The van der Waals surface area contributed by atoms with Crippen LogP contribution in [0.3, 0.4) is 0 Å². The lowest BCUT2D eigenvalue weighted by Crippen LogP contribution is -2.48. The van der Waals surface area contributed by atoms with Gasteiger partial charge in [0.2, 0.25) is 10.0 Å². The minimum Gasteiger partial charge on any atom is -0.332 e. The van der Waals surface area contributed by atoms with Crippen LogP contribution in [0.1, 0.15) is 23.5 Å². The molecule has 0 saturated carbocycles. The van der Waals surface area contributed by atoms with Crippen LogP contribution < -0.4 is 10.2 Å². The summed E-state index contributed by atoms with van der Waals surface area (Å²) in [6.07, 6.45) is 1.03. The molecule has 160 valence electrons. The SMILES string of the molecule is Cc1ccc2c(c1)[C@@H]1CN(C)CC[C@@H]1N2C(=S)Nc1cccc(S(=O)(=O)N(C)C)c1. The molecule has 2 atom stereocenters. The van der Waals surface area contributed by atoms with E-state index in [4.69, 9.17) is 12.2 Å². The predicted molar refractivity (Wildman–Crippen MR) is 126 cm³/mol. The minimum atomic E-state index is -3.50. The molecule has 1 fully saturated rings. The van der Waals surface area contributed by atoms with Crippen LogP contribution in [0.5, 0.6) is 0 Å². The van der Waals surface area contributed by atoms with Gasteiger partial charge < -0.3 is 15.1 Å². The molecule has 2 heterocycles. The Balaban J connectivity index is 1.64. The van der Waals surface area contributed by atoms with E-state index in [2.05, 4.69) is 47.3 Å².